The van der Waals surface area contributed by atoms with Gasteiger partial charge in [0.2, 0.25) is 0 Å². The zero-order valence-electron chi connectivity index (χ0n) is 30.0. The van der Waals surface area contributed by atoms with Crippen LogP contribution in [0.5, 0.6) is 23.0 Å². The summed E-state index contributed by atoms with van der Waals surface area (Å²) in [5, 5.41) is 0. The van der Waals surface area contributed by atoms with Crippen molar-refractivity contribution < 1.29 is 18.9 Å². The summed E-state index contributed by atoms with van der Waals surface area (Å²) in [5.41, 5.74) is 8.50. The largest absolute Gasteiger partial charge is 0.494 e. The van der Waals surface area contributed by atoms with Crippen molar-refractivity contribution in [2.24, 2.45) is 0 Å². The molecule has 0 atom stereocenters. The molecule has 0 aliphatic rings. The van der Waals surface area contributed by atoms with E-state index < -0.39 is 0 Å². The van der Waals surface area contributed by atoms with Crippen molar-refractivity contribution in [3.8, 4) is 67.5 Å². The lowest BCUT2D eigenvalue weighted by molar-refractivity contribution is 0.242. The van der Waals surface area contributed by atoms with Crippen molar-refractivity contribution in [1.29, 1.82) is 0 Å². The Morgan fingerprint density at radius 1 is 0.469 bits per heavy atom. The second kappa shape index (κ2) is 18.2. The molecule has 0 saturated heterocycles. The molecular formula is C45H52O4. The Morgan fingerprint density at radius 3 is 1.80 bits per heavy atom. The quantitative estimate of drug-likeness (QED) is 0.0880. The lowest BCUT2D eigenvalue weighted by atomic mass is 9.83. The van der Waals surface area contributed by atoms with E-state index in [-0.39, 0.29) is 6.10 Å². The Kier molecular flexibility index (Phi) is 13.2. The molecule has 256 valence electrons. The fourth-order valence-electron chi connectivity index (χ4n) is 5.93. The van der Waals surface area contributed by atoms with Crippen molar-refractivity contribution in [1.82, 2.24) is 0 Å². The molecule has 5 aromatic carbocycles. The number of hydrogen-bond donors (Lipinski definition) is 0. The van der Waals surface area contributed by atoms with Crippen LogP contribution in [0.15, 0.2) is 109 Å². The average Bonchev–Trinajstić information content (AvgIpc) is 3.12. The van der Waals surface area contributed by atoms with E-state index in [0.29, 0.717) is 19.8 Å². The van der Waals surface area contributed by atoms with Gasteiger partial charge >= 0.3 is 0 Å². The van der Waals surface area contributed by atoms with Gasteiger partial charge in [0.1, 0.15) is 23.0 Å². The molecule has 0 aromatic heterocycles. The van der Waals surface area contributed by atoms with Crippen LogP contribution >= 0.6 is 0 Å². The average molecular weight is 657 g/mol. The third-order valence-electron chi connectivity index (χ3n) is 8.45. The summed E-state index contributed by atoms with van der Waals surface area (Å²) in [5.74, 6) is 3.44. The molecule has 49 heavy (non-hydrogen) atoms. The first-order valence-corrected chi connectivity index (χ1v) is 18.2. The molecule has 5 rings (SSSR count). The van der Waals surface area contributed by atoms with Crippen LogP contribution in [-0.2, 0) is 0 Å². The Hall–Kier alpha value is -4.70. The topological polar surface area (TPSA) is 36.9 Å². The normalized spacial score (nSPS) is 11.1. The maximum absolute atomic E-state index is 6.90. The Morgan fingerprint density at radius 2 is 1.10 bits per heavy atom. The van der Waals surface area contributed by atoms with Gasteiger partial charge in [-0.2, -0.15) is 0 Å². The van der Waals surface area contributed by atoms with Gasteiger partial charge in [-0.05, 0) is 91.8 Å². The predicted molar refractivity (Wildman–Crippen MR) is 205 cm³/mol. The number of unbranched alkanes of at least 4 members (excludes halogenated alkanes) is 3. The molecule has 0 heterocycles. The van der Waals surface area contributed by atoms with Crippen LogP contribution in [0.1, 0.15) is 73.1 Å². The first-order chi connectivity index (χ1) is 24.0. The van der Waals surface area contributed by atoms with Gasteiger partial charge in [-0.3, -0.25) is 0 Å². The summed E-state index contributed by atoms with van der Waals surface area (Å²) in [7, 11) is 0. The van der Waals surface area contributed by atoms with E-state index in [9.17, 15) is 0 Å². The van der Waals surface area contributed by atoms with Gasteiger partial charge in [0.15, 0.2) is 0 Å². The van der Waals surface area contributed by atoms with Crippen LogP contribution < -0.4 is 18.9 Å². The van der Waals surface area contributed by atoms with Crippen molar-refractivity contribution in [3.05, 3.63) is 109 Å². The molecule has 0 aliphatic carbocycles. The lowest BCUT2D eigenvalue weighted by Crippen LogP contribution is -2.06. The lowest BCUT2D eigenvalue weighted by Gasteiger charge is -2.25. The molecule has 4 nitrogen and oxygen atoms in total. The van der Waals surface area contributed by atoms with Gasteiger partial charge in [0.05, 0.1) is 25.9 Å². The molecule has 4 heteroatoms. The first-order valence-electron chi connectivity index (χ1n) is 18.2. The second-order valence-corrected chi connectivity index (χ2v) is 12.7. The van der Waals surface area contributed by atoms with Gasteiger partial charge < -0.3 is 18.9 Å². The first kappa shape index (κ1) is 35.6. The van der Waals surface area contributed by atoms with E-state index in [4.69, 9.17) is 18.9 Å². The minimum Gasteiger partial charge on any atom is -0.494 e. The van der Waals surface area contributed by atoms with Crippen LogP contribution in [0.3, 0.4) is 0 Å². The van der Waals surface area contributed by atoms with Crippen LogP contribution in [0.2, 0.25) is 0 Å². The summed E-state index contributed by atoms with van der Waals surface area (Å²) < 4.78 is 25.8. The Balaban J connectivity index is 1.87. The standard InChI is InChI=1S/C45H52O4/c1-6-9-28-46-38-21-17-20-36(31-38)40-32-41(34-18-13-12-14-19-34)45(48-30-11-8-3)43(35-24-26-37(27-25-35)49-33(4)5)44(40)39-22-15-16-23-42(39)47-29-10-7-2/h12-27,31-33H,6-11,28-30H2,1-5H3. The number of ether oxygens (including phenoxy) is 4. The zero-order valence-corrected chi connectivity index (χ0v) is 30.0. The number of benzene rings is 5. The van der Waals surface area contributed by atoms with Gasteiger partial charge in [-0.15, -0.1) is 0 Å². The summed E-state index contributed by atoms with van der Waals surface area (Å²) in [6, 6.07) is 38.3. The summed E-state index contributed by atoms with van der Waals surface area (Å²) in [6.45, 7) is 12.6. The molecule has 0 radical (unpaired) electrons. The highest BCUT2D eigenvalue weighted by Crippen LogP contribution is 2.52. The zero-order chi connectivity index (χ0) is 34.4. The van der Waals surface area contributed by atoms with Crippen LogP contribution in [0, 0.1) is 0 Å². The van der Waals surface area contributed by atoms with Crippen molar-refractivity contribution in [2.75, 3.05) is 19.8 Å². The fourth-order valence-corrected chi connectivity index (χ4v) is 5.93. The monoisotopic (exact) mass is 656 g/mol. The van der Waals surface area contributed by atoms with E-state index in [2.05, 4.69) is 144 Å². The Labute approximate surface area is 294 Å². The molecule has 0 unspecified atom stereocenters. The summed E-state index contributed by atoms with van der Waals surface area (Å²) in [6.07, 6.45) is 6.24. The van der Waals surface area contributed by atoms with Crippen LogP contribution in [0.4, 0.5) is 0 Å². The molecule has 0 fully saturated rings. The Bertz CT molecular complexity index is 1740. The van der Waals surface area contributed by atoms with Crippen LogP contribution in [0.25, 0.3) is 44.5 Å². The summed E-state index contributed by atoms with van der Waals surface area (Å²) >= 11 is 0. The SMILES string of the molecule is CCCCOc1cccc(-c2cc(-c3ccccc3)c(OCCCC)c(-c3ccc(OC(C)C)cc3)c2-c2ccccc2OCCCC)c1. The van der Waals surface area contributed by atoms with Crippen molar-refractivity contribution >= 4 is 0 Å². The highest BCUT2D eigenvalue weighted by Gasteiger charge is 2.26. The number of hydrogen-bond acceptors (Lipinski definition) is 4. The smallest absolute Gasteiger partial charge is 0.135 e. The van der Waals surface area contributed by atoms with Gasteiger partial charge in [0.25, 0.3) is 0 Å². The van der Waals surface area contributed by atoms with Gasteiger partial charge in [0, 0.05) is 22.3 Å². The van der Waals surface area contributed by atoms with Gasteiger partial charge in [-0.1, -0.05) is 113 Å². The van der Waals surface area contributed by atoms with Crippen LogP contribution in [-0.4, -0.2) is 25.9 Å². The molecule has 0 aliphatic heterocycles. The maximum Gasteiger partial charge on any atom is 0.135 e. The van der Waals surface area contributed by atoms with E-state index >= 15 is 0 Å². The molecule has 0 spiro atoms. The van der Waals surface area contributed by atoms with E-state index in [1.54, 1.807) is 0 Å². The highest BCUT2D eigenvalue weighted by molar-refractivity contribution is 6.03. The van der Waals surface area contributed by atoms with Crippen molar-refractivity contribution in [2.45, 2.75) is 79.2 Å². The second-order valence-electron chi connectivity index (χ2n) is 12.7. The minimum atomic E-state index is 0.0846. The maximum atomic E-state index is 6.90. The molecule has 0 saturated carbocycles. The molecule has 0 amide bonds. The number of rotatable bonds is 18. The fraction of sp³-hybridized carbons (Fsp3) is 0.333. The molecule has 0 bridgehead atoms. The highest BCUT2D eigenvalue weighted by atomic mass is 16.5. The summed E-state index contributed by atoms with van der Waals surface area (Å²) in [4.78, 5) is 0. The minimum absolute atomic E-state index is 0.0846. The van der Waals surface area contributed by atoms with Crippen molar-refractivity contribution in [3.63, 3.8) is 0 Å². The van der Waals surface area contributed by atoms with Gasteiger partial charge in [-0.25, -0.2) is 0 Å². The molecule has 0 N–H and O–H groups in total. The third kappa shape index (κ3) is 9.26. The van der Waals surface area contributed by atoms with E-state index in [0.717, 1.165) is 106 Å². The van der Waals surface area contributed by atoms with E-state index in [1.165, 1.54) is 0 Å². The molecular weight excluding hydrogens is 604 g/mol. The van der Waals surface area contributed by atoms with E-state index in [1.807, 2.05) is 0 Å². The molecule has 5 aromatic rings. The predicted octanol–water partition coefficient (Wildman–Crippen LogP) is 12.7. The number of para-hydroxylation sites is 1. The third-order valence-corrected chi connectivity index (χ3v) is 8.45.